The first-order valence-corrected chi connectivity index (χ1v) is 12.8. The molecule has 0 atom stereocenters. The summed E-state index contributed by atoms with van der Waals surface area (Å²) in [7, 11) is 1.53. The van der Waals surface area contributed by atoms with Gasteiger partial charge in [0.2, 0.25) is 11.6 Å². The first kappa shape index (κ1) is 26.8. The number of methoxy groups -OCH3 is 1. The van der Waals surface area contributed by atoms with Gasteiger partial charge in [-0.15, -0.1) is 5.10 Å². The third-order valence-corrected chi connectivity index (χ3v) is 6.40. The number of aromatic nitrogens is 5. The average molecular weight is 624 g/mol. The molecule has 12 nitrogen and oxygen atoms in total. The Kier molecular flexibility index (Phi) is 8.03. The highest BCUT2D eigenvalue weighted by molar-refractivity contribution is 9.10. The summed E-state index contributed by atoms with van der Waals surface area (Å²) in [5.74, 6) is 0.482. The monoisotopic (exact) mass is 622 g/mol. The lowest BCUT2D eigenvalue weighted by molar-refractivity contribution is 0.0950. The number of nitrogens with two attached hydrogens (primary N) is 1. The Labute approximate surface area is 240 Å². The van der Waals surface area contributed by atoms with Crippen molar-refractivity contribution in [3.63, 3.8) is 0 Å². The van der Waals surface area contributed by atoms with Crippen LogP contribution in [-0.2, 0) is 6.61 Å². The summed E-state index contributed by atoms with van der Waals surface area (Å²) in [6, 6.07) is 19.9. The number of halogens is 2. The van der Waals surface area contributed by atoms with E-state index < -0.39 is 5.91 Å². The summed E-state index contributed by atoms with van der Waals surface area (Å²) >= 11 is 9.47. The fourth-order valence-electron chi connectivity index (χ4n) is 3.68. The fourth-order valence-corrected chi connectivity index (χ4v) is 4.38. The number of hydrazone groups is 1. The van der Waals surface area contributed by atoms with Gasteiger partial charge >= 0.3 is 0 Å². The highest BCUT2D eigenvalue weighted by Crippen LogP contribution is 2.37. The van der Waals surface area contributed by atoms with Gasteiger partial charge in [-0.1, -0.05) is 59.3 Å². The van der Waals surface area contributed by atoms with E-state index in [1.165, 1.54) is 18.0 Å². The number of carbonyl (C=O) groups is 1. The van der Waals surface area contributed by atoms with Crippen LogP contribution >= 0.6 is 27.5 Å². The van der Waals surface area contributed by atoms with Crippen molar-refractivity contribution in [3.8, 4) is 28.6 Å². The SMILES string of the molecule is COc1cc(C=NNC(=O)c2nnn(-c3nonc3N)c2-c2ccccc2)cc(Br)c1OCc1ccc(Cl)cc1. The van der Waals surface area contributed by atoms with Crippen molar-refractivity contribution >= 4 is 45.5 Å². The number of benzene rings is 3. The molecule has 2 heterocycles. The summed E-state index contributed by atoms with van der Waals surface area (Å²) in [5, 5.41) is 20.1. The number of hydrogen-bond acceptors (Lipinski definition) is 10. The van der Waals surface area contributed by atoms with Gasteiger partial charge in [0.05, 0.1) is 17.8 Å². The number of rotatable bonds is 9. The fraction of sp³-hybridized carbons (Fsp3) is 0.0769. The van der Waals surface area contributed by atoms with Crippen LogP contribution in [0.2, 0.25) is 5.02 Å². The lowest BCUT2D eigenvalue weighted by Gasteiger charge is -2.13. The summed E-state index contributed by atoms with van der Waals surface area (Å²) in [6.07, 6.45) is 1.46. The average Bonchev–Trinajstić information content (AvgIpc) is 3.59. The van der Waals surface area contributed by atoms with Gasteiger partial charge in [-0.3, -0.25) is 4.79 Å². The Hall–Kier alpha value is -4.75. The van der Waals surface area contributed by atoms with Crippen molar-refractivity contribution in [1.82, 2.24) is 30.7 Å². The molecule has 1 amide bonds. The molecule has 5 aromatic rings. The molecule has 0 saturated carbocycles. The van der Waals surface area contributed by atoms with Crippen molar-refractivity contribution < 1.29 is 18.9 Å². The molecule has 0 fully saturated rings. The summed E-state index contributed by atoms with van der Waals surface area (Å²) in [6.45, 7) is 0.316. The van der Waals surface area contributed by atoms with E-state index in [1.807, 2.05) is 30.3 Å². The van der Waals surface area contributed by atoms with E-state index in [1.54, 1.807) is 36.4 Å². The second kappa shape index (κ2) is 12.0. The molecule has 0 spiro atoms. The molecule has 14 heteroatoms. The predicted molar refractivity (Wildman–Crippen MR) is 151 cm³/mol. The Balaban J connectivity index is 1.34. The van der Waals surface area contributed by atoms with Crippen LogP contribution in [0.4, 0.5) is 5.82 Å². The van der Waals surface area contributed by atoms with Gasteiger partial charge in [0.25, 0.3) is 5.91 Å². The van der Waals surface area contributed by atoms with E-state index >= 15 is 0 Å². The molecule has 5 rings (SSSR count). The van der Waals surface area contributed by atoms with E-state index in [0.717, 1.165) is 5.56 Å². The molecule has 3 N–H and O–H groups in total. The molecule has 0 aliphatic carbocycles. The van der Waals surface area contributed by atoms with E-state index in [-0.39, 0.29) is 17.3 Å². The van der Waals surface area contributed by atoms with Gasteiger partial charge in [0, 0.05) is 10.6 Å². The largest absolute Gasteiger partial charge is 0.493 e. The minimum Gasteiger partial charge on any atom is -0.493 e. The third-order valence-electron chi connectivity index (χ3n) is 5.56. The number of ether oxygens (including phenoxy) is 2. The van der Waals surface area contributed by atoms with Crippen LogP contribution in [0.25, 0.3) is 17.1 Å². The van der Waals surface area contributed by atoms with Gasteiger partial charge < -0.3 is 15.2 Å². The summed E-state index contributed by atoms with van der Waals surface area (Å²) < 4.78 is 18.1. The Bertz CT molecular complexity index is 1670. The van der Waals surface area contributed by atoms with Crippen molar-refractivity contribution in [2.24, 2.45) is 5.10 Å². The molecule has 0 unspecified atom stereocenters. The van der Waals surface area contributed by atoms with Crippen LogP contribution in [-0.4, -0.2) is 44.5 Å². The second-order valence-corrected chi connectivity index (χ2v) is 9.48. The van der Waals surface area contributed by atoms with Gasteiger partial charge in [-0.05, 0) is 61.6 Å². The lowest BCUT2D eigenvalue weighted by Crippen LogP contribution is -2.19. The minimum atomic E-state index is -0.606. The van der Waals surface area contributed by atoms with Gasteiger partial charge in [0.1, 0.15) is 12.3 Å². The number of hydrogen-bond donors (Lipinski definition) is 2. The smallest absolute Gasteiger partial charge is 0.294 e. The molecular weight excluding hydrogens is 604 g/mol. The maximum absolute atomic E-state index is 13.1. The highest BCUT2D eigenvalue weighted by Gasteiger charge is 2.25. The van der Waals surface area contributed by atoms with Gasteiger partial charge in [-0.25, -0.2) is 10.1 Å². The molecule has 0 aliphatic rings. The minimum absolute atomic E-state index is 0.00421. The van der Waals surface area contributed by atoms with E-state index in [0.29, 0.717) is 44.4 Å². The number of nitrogen functional groups attached to an aromatic ring is 1. The summed E-state index contributed by atoms with van der Waals surface area (Å²) in [5.41, 5.74) is 10.9. The van der Waals surface area contributed by atoms with Crippen molar-refractivity contribution in [3.05, 3.63) is 93.0 Å². The maximum atomic E-state index is 13.1. The Morgan fingerprint density at radius 2 is 1.95 bits per heavy atom. The zero-order valence-corrected chi connectivity index (χ0v) is 23.1. The first-order valence-electron chi connectivity index (χ1n) is 11.6. The topological polar surface area (TPSA) is 156 Å². The van der Waals surface area contributed by atoms with E-state index in [4.69, 9.17) is 26.8 Å². The highest BCUT2D eigenvalue weighted by atomic mass is 79.9. The first-order chi connectivity index (χ1) is 19.4. The van der Waals surface area contributed by atoms with E-state index in [2.05, 4.69) is 51.7 Å². The molecule has 0 radical (unpaired) electrons. The molecule has 202 valence electrons. The molecular formula is C26H20BrClN8O4. The summed E-state index contributed by atoms with van der Waals surface area (Å²) in [4.78, 5) is 13.1. The number of carbonyl (C=O) groups excluding carboxylic acids is 1. The van der Waals surface area contributed by atoms with E-state index in [9.17, 15) is 4.79 Å². The molecule has 40 heavy (non-hydrogen) atoms. The predicted octanol–water partition coefficient (Wildman–Crippen LogP) is 4.67. The quantitative estimate of drug-likeness (QED) is 0.176. The maximum Gasteiger partial charge on any atom is 0.294 e. The van der Waals surface area contributed by atoms with Crippen LogP contribution in [0.3, 0.4) is 0 Å². The van der Waals surface area contributed by atoms with Crippen molar-refractivity contribution in [1.29, 1.82) is 0 Å². The van der Waals surface area contributed by atoms with Crippen molar-refractivity contribution in [2.75, 3.05) is 12.8 Å². The van der Waals surface area contributed by atoms with Crippen molar-refractivity contribution in [2.45, 2.75) is 6.61 Å². The number of nitrogens with zero attached hydrogens (tertiary/aromatic N) is 6. The van der Waals surface area contributed by atoms with Crippen LogP contribution in [0.15, 0.2) is 80.9 Å². The van der Waals surface area contributed by atoms with Gasteiger partial charge in [0.15, 0.2) is 17.2 Å². The van der Waals surface area contributed by atoms with Gasteiger partial charge in [-0.2, -0.15) is 9.78 Å². The molecule has 2 aromatic heterocycles. The normalized spacial score (nSPS) is 11.1. The lowest BCUT2D eigenvalue weighted by atomic mass is 10.1. The molecule has 0 bridgehead atoms. The van der Waals surface area contributed by atoms with Crippen LogP contribution < -0.4 is 20.6 Å². The molecule has 0 aliphatic heterocycles. The van der Waals surface area contributed by atoms with Crippen LogP contribution in [0.5, 0.6) is 11.5 Å². The standard InChI is InChI=1S/C26H20BrClN8O4/c1-38-20-12-16(11-19(27)23(20)39-14-15-7-9-18(28)10-8-15)13-30-32-26(37)21-22(17-5-3-2-4-6-17)36(35-31-21)25-24(29)33-40-34-25/h2-13H,14H2,1H3,(H2,29,33)(H,32,37). The second-order valence-electron chi connectivity index (χ2n) is 8.19. The Morgan fingerprint density at radius 1 is 1.18 bits per heavy atom. The van der Waals surface area contributed by atoms with Crippen LogP contribution in [0, 0.1) is 0 Å². The van der Waals surface area contributed by atoms with Crippen LogP contribution in [0.1, 0.15) is 21.6 Å². The molecule has 0 saturated heterocycles. The molecule has 3 aromatic carbocycles. The zero-order chi connectivity index (χ0) is 28.1. The number of nitrogens with one attached hydrogen (secondary N) is 1. The number of anilines is 1. The zero-order valence-electron chi connectivity index (χ0n) is 20.8. The third kappa shape index (κ3) is 5.80. The Morgan fingerprint density at radius 3 is 2.65 bits per heavy atom. The number of amides is 1.